The molecule has 1 heterocycles. The molecule has 1 rings (SSSR count). The van der Waals surface area contributed by atoms with Gasteiger partial charge in [0.15, 0.2) is 0 Å². The van der Waals surface area contributed by atoms with Gasteiger partial charge in [-0.2, -0.15) is 4.98 Å². The molecule has 0 aliphatic carbocycles. The van der Waals surface area contributed by atoms with Crippen LogP contribution in [0.4, 0.5) is 5.95 Å². The van der Waals surface area contributed by atoms with E-state index in [1.54, 1.807) is 0 Å². The summed E-state index contributed by atoms with van der Waals surface area (Å²) in [5.41, 5.74) is 0. The lowest BCUT2D eigenvalue weighted by Gasteiger charge is -1.98. The van der Waals surface area contributed by atoms with Crippen LogP contribution in [0.15, 0.2) is 6.33 Å². The molecule has 0 spiro atoms. The van der Waals surface area contributed by atoms with E-state index in [0.717, 1.165) is 12.4 Å². The molecule has 1 aromatic rings. The molecule has 0 aliphatic heterocycles. The van der Waals surface area contributed by atoms with E-state index in [4.69, 9.17) is 0 Å². The number of aromatic nitrogens is 3. The standard InChI is InChI=1S/C6H10N4/c1-3-7-6-9-4-8-5(2)10-6/h4H,3H2,1-2H3,(H,7,8,9,10). The van der Waals surface area contributed by atoms with Crippen molar-refractivity contribution in [3.05, 3.63) is 12.2 Å². The van der Waals surface area contributed by atoms with Crippen LogP contribution in [-0.4, -0.2) is 21.5 Å². The molecule has 0 atom stereocenters. The second-order valence-corrected chi connectivity index (χ2v) is 1.89. The Kier molecular flexibility index (Phi) is 2.15. The van der Waals surface area contributed by atoms with Crippen LogP contribution in [0.3, 0.4) is 0 Å². The molecule has 4 heteroatoms. The van der Waals surface area contributed by atoms with E-state index in [9.17, 15) is 0 Å². The van der Waals surface area contributed by atoms with Crippen LogP contribution in [0.2, 0.25) is 0 Å². The van der Waals surface area contributed by atoms with Crippen molar-refractivity contribution in [3.63, 3.8) is 0 Å². The summed E-state index contributed by atoms with van der Waals surface area (Å²) in [6.45, 7) is 4.67. The van der Waals surface area contributed by atoms with Gasteiger partial charge in [-0.3, -0.25) is 0 Å². The van der Waals surface area contributed by atoms with E-state index in [1.165, 1.54) is 6.33 Å². The summed E-state index contributed by atoms with van der Waals surface area (Å²) in [4.78, 5) is 11.8. The predicted octanol–water partition coefficient (Wildman–Crippen LogP) is 0.612. The molecular weight excluding hydrogens is 128 g/mol. The van der Waals surface area contributed by atoms with Gasteiger partial charge >= 0.3 is 0 Å². The molecule has 54 valence electrons. The second kappa shape index (κ2) is 3.10. The average molecular weight is 138 g/mol. The summed E-state index contributed by atoms with van der Waals surface area (Å²) in [6.07, 6.45) is 1.50. The van der Waals surface area contributed by atoms with Gasteiger partial charge < -0.3 is 5.32 Å². The van der Waals surface area contributed by atoms with Gasteiger partial charge in [0.05, 0.1) is 0 Å². The van der Waals surface area contributed by atoms with Crippen LogP contribution >= 0.6 is 0 Å². The van der Waals surface area contributed by atoms with Gasteiger partial charge in [-0.05, 0) is 13.8 Å². The molecule has 0 saturated carbocycles. The summed E-state index contributed by atoms with van der Waals surface area (Å²) in [5, 5.41) is 2.99. The Labute approximate surface area is 59.7 Å². The van der Waals surface area contributed by atoms with Crippen molar-refractivity contribution in [2.75, 3.05) is 11.9 Å². The summed E-state index contributed by atoms with van der Waals surface area (Å²) < 4.78 is 0. The Morgan fingerprint density at radius 3 is 2.90 bits per heavy atom. The fraction of sp³-hybridized carbons (Fsp3) is 0.500. The highest BCUT2D eigenvalue weighted by molar-refractivity contribution is 5.21. The number of hydrogen-bond acceptors (Lipinski definition) is 4. The Bertz CT molecular complexity index is 211. The maximum atomic E-state index is 4.03. The highest BCUT2D eigenvalue weighted by Gasteiger charge is 1.91. The zero-order valence-corrected chi connectivity index (χ0v) is 6.13. The molecule has 0 amide bonds. The third kappa shape index (κ3) is 1.65. The van der Waals surface area contributed by atoms with Crippen LogP contribution in [0.5, 0.6) is 0 Å². The largest absolute Gasteiger partial charge is 0.354 e. The molecule has 0 radical (unpaired) electrons. The maximum absolute atomic E-state index is 4.03. The lowest BCUT2D eigenvalue weighted by atomic mass is 10.7. The molecule has 4 nitrogen and oxygen atoms in total. The minimum atomic E-state index is 0.648. The fourth-order valence-corrected chi connectivity index (χ4v) is 0.621. The van der Waals surface area contributed by atoms with Crippen molar-refractivity contribution < 1.29 is 0 Å². The SMILES string of the molecule is CCNc1ncnc(C)n1. The molecule has 1 N–H and O–H groups in total. The molecule has 0 bridgehead atoms. The van der Waals surface area contributed by atoms with E-state index in [1.807, 2.05) is 13.8 Å². The molecule has 0 saturated heterocycles. The highest BCUT2D eigenvalue weighted by atomic mass is 15.1. The first kappa shape index (κ1) is 6.92. The molecule has 10 heavy (non-hydrogen) atoms. The first-order valence-electron chi connectivity index (χ1n) is 3.22. The third-order valence-electron chi connectivity index (χ3n) is 1.03. The topological polar surface area (TPSA) is 50.7 Å². The number of hydrogen-bond donors (Lipinski definition) is 1. The van der Waals surface area contributed by atoms with Crippen LogP contribution in [-0.2, 0) is 0 Å². The van der Waals surface area contributed by atoms with Crippen molar-refractivity contribution in [3.8, 4) is 0 Å². The zero-order valence-electron chi connectivity index (χ0n) is 6.13. The summed E-state index contributed by atoms with van der Waals surface area (Å²) >= 11 is 0. The minimum Gasteiger partial charge on any atom is -0.354 e. The Balaban J connectivity index is 2.75. The minimum absolute atomic E-state index is 0.648. The van der Waals surface area contributed by atoms with Gasteiger partial charge in [-0.25, -0.2) is 9.97 Å². The van der Waals surface area contributed by atoms with E-state index < -0.39 is 0 Å². The van der Waals surface area contributed by atoms with Gasteiger partial charge in [0.2, 0.25) is 5.95 Å². The summed E-state index contributed by atoms with van der Waals surface area (Å²) in [6, 6.07) is 0. The van der Waals surface area contributed by atoms with Gasteiger partial charge in [-0.1, -0.05) is 0 Å². The van der Waals surface area contributed by atoms with Crippen LogP contribution < -0.4 is 5.32 Å². The maximum Gasteiger partial charge on any atom is 0.225 e. The van der Waals surface area contributed by atoms with E-state index in [-0.39, 0.29) is 0 Å². The predicted molar refractivity (Wildman–Crippen MR) is 38.7 cm³/mol. The van der Waals surface area contributed by atoms with Crippen LogP contribution in [0.25, 0.3) is 0 Å². The Morgan fingerprint density at radius 2 is 2.30 bits per heavy atom. The van der Waals surface area contributed by atoms with Crippen molar-refractivity contribution in [2.24, 2.45) is 0 Å². The van der Waals surface area contributed by atoms with E-state index in [0.29, 0.717) is 5.95 Å². The molecule has 0 aromatic carbocycles. The Morgan fingerprint density at radius 1 is 1.50 bits per heavy atom. The average Bonchev–Trinajstić information content (AvgIpc) is 1.88. The number of aryl methyl sites for hydroxylation is 1. The first-order chi connectivity index (χ1) is 4.83. The van der Waals surface area contributed by atoms with Gasteiger partial charge in [-0.15, -0.1) is 0 Å². The number of rotatable bonds is 2. The number of nitrogens with zero attached hydrogens (tertiary/aromatic N) is 3. The smallest absolute Gasteiger partial charge is 0.225 e. The monoisotopic (exact) mass is 138 g/mol. The number of anilines is 1. The third-order valence-corrected chi connectivity index (χ3v) is 1.03. The molecule has 0 fully saturated rings. The van der Waals surface area contributed by atoms with E-state index in [2.05, 4.69) is 20.3 Å². The molecule has 0 aliphatic rings. The quantitative estimate of drug-likeness (QED) is 0.650. The molecule has 0 unspecified atom stereocenters. The van der Waals surface area contributed by atoms with E-state index >= 15 is 0 Å². The highest BCUT2D eigenvalue weighted by Crippen LogP contribution is 1.93. The first-order valence-corrected chi connectivity index (χ1v) is 3.22. The van der Waals surface area contributed by atoms with Crippen molar-refractivity contribution >= 4 is 5.95 Å². The van der Waals surface area contributed by atoms with Crippen LogP contribution in [0.1, 0.15) is 12.7 Å². The second-order valence-electron chi connectivity index (χ2n) is 1.89. The molecule has 1 aromatic heterocycles. The van der Waals surface area contributed by atoms with Gasteiger partial charge in [0.25, 0.3) is 0 Å². The van der Waals surface area contributed by atoms with Crippen molar-refractivity contribution in [1.82, 2.24) is 15.0 Å². The normalized spacial score (nSPS) is 9.40. The fourth-order valence-electron chi connectivity index (χ4n) is 0.621. The lowest BCUT2D eigenvalue weighted by molar-refractivity contribution is 0.961. The lowest BCUT2D eigenvalue weighted by Crippen LogP contribution is -2.03. The summed E-state index contributed by atoms with van der Waals surface area (Å²) in [7, 11) is 0. The van der Waals surface area contributed by atoms with Crippen molar-refractivity contribution in [1.29, 1.82) is 0 Å². The Hall–Kier alpha value is -1.19. The van der Waals surface area contributed by atoms with Gasteiger partial charge in [0, 0.05) is 6.54 Å². The molecular formula is C6H10N4. The van der Waals surface area contributed by atoms with Gasteiger partial charge in [0.1, 0.15) is 12.2 Å². The number of nitrogens with one attached hydrogen (secondary N) is 1. The van der Waals surface area contributed by atoms with Crippen molar-refractivity contribution in [2.45, 2.75) is 13.8 Å². The van der Waals surface area contributed by atoms with Crippen LogP contribution in [0, 0.1) is 6.92 Å². The summed E-state index contributed by atoms with van der Waals surface area (Å²) in [5.74, 6) is 1.39. The zero-order chi connectivity index (χ0) is 7.40.